The van der Waals surface area contributed by atoms with Crippen molar-refractivity contribution in [1.82, 2.24) is 10.3 Å². The molecule has 0 bridgehead atoms. The van der Waals surface area contributed by atoms with E-state index >= 15 is 0 Å². The van der Waals surface area contributed by atoms with Crippen LogP contribution in [0.4, 0.5) is 5.13 Å². The third-order valence-corrected chi connectivity index (χ3v) is 5.30. The molecule has 0 radical (unpaired) electrons. The molecule has 1 atom stereocenters. The minimum Gasteiger partial charge on any atom is -0.497 e. The second-order valence-electron chi connectivity index (χ2n) is 6.56. The minimum atomic E-state index is -0.301. The highest BCUT2D eigenvalue weighted by atomic mass is 32.1. The molecule has 8 nitrogen and oxygen atoms in total. The van der Waals surface area contributed by atoms with Gasteiger partial charge in [-0.05, 0) is 38.1 Å². The lowest BCUT2D eigenvalue weighted by Gasteiger charge is -2.18. The number of furan rings is 1. The van der Waals surface area contributed by atoms with E-state index in [1.165, 1.54) is 17.6 Å². The summed E-state index contributed by atoms with van der Waals surface area (Å²) in [6, 6.07) is 6.74. The average Bonchev–Trinajstić information content (AvgIpc) is 3.35. The van der Waals surface area contributed by atoms with E-state index in [2.05, 4.69) is 15.6 Å². The molecule has 30 heavy (non-hydrogen) atoms. The third-order valence-electron chi connectivity index (χ3n) is 4.50. The Labute approximate surface area is 178 Å². The Morgan fingerprint density at radius 1 is 1.23 bits per heavy atom. The number of thiazole rings is 1. The zero-order valence-electron chi connectivity index (χ0n) is 17.1. The Morgan fingerprint density at radius 3 is 2.70 bits per heavy atom. The summed E-state index contributed by atoms with van der Waals surface area (Å²) in [6.45, 7) is 3.58. The number of rotatable bonds is 8. The van der Waals surface area contributed by atoms with Crippen molar-refractivity contribution in [2.24, 2.45) is 0 Å². The topological polar surface area (TPSA) is 103 Å². The molecule has 2 heterocycles. The SMILES string of the molecule is COc1ccc(OC)c([C@@H](C)NC(=O)Cc2csc(NC(=O)c3ccoc3C)n2)c1. The lowest BCUT2D eigenvalue weighted by molar-refractivity contribution is -0.121. The standard InChI is InChI=1S/C21H23N3O5S/c1-12(17-10-15(27-3)5-6-18(17)28-4)22-19(25)9-14-11-30-21(23-14)24-20(26)16-7-8-29-13(16)2/h5-8,10-12H,9H2,1-4H3,(H,22,25)(H,23,24,26)/t12-/m1/s1. The van der Waals surface area contributed by atoms with Gasteiger partial charge in [-0.1, -0.05) is 0 Å². The van der Waals surface area contributed by atoms with E-state index in [1.807, 2.05) is 13.0 Å². The van der Waals surface area contributed by atoms with E-state index in [0.717, 1.165) is 5.56 Å². The highest BCUT2D eigenvalue weighted by Crippen LogP contribution is 2.29. The number of carbonyl (C=O) groups excluding carboxylic acids is 2. The van der Waals surface area contributed by atoms with Crippen molar-refractivity contribution in [1.29, 1.82) is 0 Å². The number of aromatic nitrogens is 1. The highest BCUT2D eigenvalue weighted by Gasteiger charge is 2.17. The summed E-state index contributed by atoms with van der Waals surface area (Å²) in [6.07, 6.45) is 1.55. The zero-order chi connectivity index (χ0) is 21.7. The van der Waals surface area contributed by atoms with E-state index in [1.54, 1.807) is 44.7 Å². The first-order valence-electron chi connectivity index (χ1n) is 9.22. The number of ether oxygens (including phenoxy) is 2. The predicted octanol–water partition coefficient (Wildman–Crippen LogP) is 3.73. The molecular weight excluding hydrogens is 406 g/mol. The van der Waals surface area contributed by atoms with Crippen LogP contribution < -0.4 is 20.1 Å². The lowest BCUT2D eigenvalue weighted by Crippen LogP contribution is -2.28. The van der Waals surface area contributed by atoms with Gasteiger partial charge in [-0.3, -0.25) is 14.9 Å². The van der Waals surface area contributed by atoms with E-state index in [4.69, 9.17) is 13.9 Å². The van der Waals surface area contributed by atoms with Gasteiger partial charge in [0.25, 0.3) is 5.91 Å². The Morgan fingerprint density at radius 2 is 2.03 bits per heavy atom. The number of methoxy groups -OCH3 is 2. The molecule has 0 saturated carbocycles. The molecule has 0 aliphatic carbocycles. The van der Waals surface area contributed by atoms with Crippen LogP contribution in [0.3, 0.4) is 0 Å². The summed E-state index contributed by atoms with van der Waals surface area (Å²) in [5.74, 6) is 1.38. The van der Waals surface area contributed by atoms with Crippen LogP contribution in [0.2, 0.25) is 0 Å². The molecule has 0 saturated heterocycles. The summed E-state index contributed by atoms with van der Waals surface area (Å²) >= 11 is 1.26. The third kappa shape index (κ3) is 4.98. The van der Waals surface area contributed by atoms with Gasteiger partial charge < -0.3 is 19.2 Å². The summed E-state index contributed by atoms with van der Waals surface area (Å²) in [5, 5.41) is 7.83. The second-order valence-corrected chi connectivity index (χ2v) is 7.42. The van der Waals surface area contributed by atoms with Crippen molar-refractivity contribution in [3.63, 3.8) is 0 Å². The van der Waals surface area contributed by atoms with E-state index in [-0.39, 0.29) is 24.3 Å². The second kappa shape index (κ2) is 9.45. The molecule has 9 heteroatoms. The van der Waals surface area contributed by atoms with E-state index < -0.39 is 0 Å². The summed E-state index contributed by atoms with van der Waals surface area (Å²) in [4.78, 5) is 29.1. The van der Waals surface area contributed by atoms with Gasteiger partial charge in [0.1, 0.15) is 17.3 Å². The number of nitrogens with one attached hydrogen (secondary N) is 2. The Kier molecular flexibility index (Phi) is 6.73. The van der Waals surface area contributed by atoms with Gasteiger partial charge in [0.05, 0.1) is 44.2 Å². The smallest absolute Gasteiger partial charge is 0.260 e. The van der Waals surface area contributed by atoms with Crippen molar-refractivity contribution >= 4 is 28.3 Å². The lowest BCUT2D eigenvalue weighted by atomic mass is 10.1. The van der Waals surface area contributed by atoms with Gasteiger partial charge in [0.2, 0.25) is 5.91 Å². The number of hydrogen-bond acceptors (Lipinski definition) is 7. The molecule has 3 aromatic rings. The van der Waals surface area contributed by atoms with Crippen LogP contribution in [0, 0.1) is 6.92 Å². The fourth-order valence-electron chi connectivity index (χ4n) is 2.94. The highest BCUT2D eigenvalue weighted by molar-refractivity contribution is 7.14. The Balaban J connectivity index is 1.60. The van der Waals surface area contributed by atoms with Gasteiger partial charge >= 0.3 is 0 Å². The first-order valence-corrected chi connectivity index (χ1v) is 10.1. The Hall–Kier alpha value is -3.33. The summed E-state index contributed by atoms with van der Waals surface area (Å²) < 4.78 is 15.8. The summed E-state index contributed by atoms with van der Waals surface area (Å²) in [7, 11) is 3.16. The maximum atomic E-state index is 12.5. The number of benzene rings is 1. The van der Waals surface area contributed by atoms with Crippen LogP contribution in [0.5, 0.6) is 11.5 Å². The fourth-order valence-corrected chi connectivity index (χ4v) is 3.65. The first kappa shape index (κ1) is 21.4. The van der Waals surface area contributed by atoms with Gasteiger partial charge in [0, 0.05) is 10.9 Å². The minimum absolute atomic E-state index is 0.0910. The molecular formula is C21H23N3O5S. The molecule has 3 rings (SSSR count). The van der Waals surface area contributed by atoms with Crippen LogP contribution in [0.1, 0.15) is 40.3 Å². The van der Waals surface area contributed by atoms with Gasteiger partial charge in [-0.15, -0.1) is 11.3 Å². The predicted molar refractivity (Wildman–Crippen MR) is 113 cm³/mol. The number of aryl methyl sites for hydroxylation is 1. The van der Waals surface area contributed by atoms with E-state index in [9.17, 15) is 9.59 Å². The molecule has 0 unspecified atom stereocenters. The molecule has 2 aromatic heterocycles. The van der Waals surface area contributed by atoms with Crippen molar-refractivity contribution < 1.29 is 23.5 Å². The molecule has 0 spiro atoms. The largest absolute Gasteiger partial charge is 0.497 e. The normalized spacial score (nSPS) is 11.6. The van der Waals surface area contributed by atoms with Crippen molar-refractivity contribution in [2.75, 3.05) is 19.5 Å². The maximum absolute atomic E-state index is 12.5. The number of amides is 2. The van der Waals surface area contributed by atoms with Crippen LogP contribution in [0.25, 0.3) is 0 Å². The number of nitrogens with zero attached hydrogens (tertiary/aromatic N) is 1. The van der Waals surface area contributed by atoms with Gasteiger partial charge in [0.15, 0.2) is 5.13 Å². The van der Waals surface area contributed by atoms with Crippen LogP contribution in [-0.2, 0) is 11.2 Å². The monoisotopic (exact) mass is 429 g/mol. The van der Waals surface area contributed by atoms with Crippen LogP contribution in [0.15, 0.2) is 40.3 Å². The fraction of sp³-hybridized carbons (Fsp3) is 0.286. The number of anilines is 1. The van der Waals surface area contributed by atoms with Gasteiger partial charge in [-0.25, -0.2) is 4.98 Å². The maximum Gasteiger partial charge on any atom is 0.260 e. The molecule has 0 aliphatic rings. The van der Waals surface area contributed by atoms with Crippen molar-refractivity contribution in [2.45, 2.75) is 26.3 Å². The van der Waals surface area contributed by atoms with Crippen LogP contribution >= 0.6 is 11.3 Å². The average molecular weight is 429 g/mol. The van der Waals surface area contributed by atoms with Crippen molar-refractivity contribution in [3.8, 4) is 11.5 Å². The summed E-state index contributed by atoms with van der Waals surface area (Å²) in [5.41, 5.74) is 1.83. The number of hydrogen-bond donors (Lipinski definition) is 2. The Bertz CT molecular complexity index is 1040. The molecule has 2 N–H and O–H groups in total. The molecule has 2 amide bonds. The van der Waals surface area contributed by atoms with Crippen molar-refractivity contribution in [3.05, 3.63) is 58.5 Å². The molecule has 0 aliphatic heterocycles. The van der Waals surface area contributed by atoms with Gasteiger partial charge in [-0.2, -0.15) is 0 Å². The molecule has 1 aromatic carbocycles. The van der Waals surface area contributed by atoms with E-state index in [0.29, 0.717) is 33.6 Å². The molecule has 0 fully saturated rings. The quantitative estimate of drug-likeness (QED) is 0.566. The zero-order valence-corrected chi connectivity index (χ0v) is 18.0. The first-order chi connectivity index (χ1) is 14.4. The van der Waals surface area contributed by atoms with Crippen LogP contribution in [-0.4, -0.2) is 31.0 Å². The number of carbonyl (C=O) groups is 2. The molecule has 158 valence electrons.